The van der Waals surface area contributed by atoms with Gasteiger partial charge < -0.3 is 19.4 Å². The number of amides is 1. The molecule has 0 unspecified atom stereocenters. The van der Waals surface area contributed by atoms with Crippen LogP contribution in [-0.2, 0) is 16.1 Å². The van der Waals surface area contributed by atoms with Gasteiger partial charge in [-0.3, -0.25) is 4.79 Å². The molecule has 7 heteroatoms. The highest BCUT2D eigenvalue weighted by atomic mass is 16.5. The number of morpholine rings is 1. The van der Waals surface area contributed by atoms with Crippen LogP contribution in [0.5, 0.6) is 0 Å². The number of nitrogens with zero attached hydrogens (tertiary/aromatic N) is 5. The highest BCUT2D eigenvalue weighted by Crippen LogP contribution is 2.32. The fourth-order valence-electron chi connectivity index (χ4n) is 3.61. The van der Waals surface area contributed by atoms with E-state index in [0.29, 0.717) is 26.3 Å². The summed E-state index contributed by atoms with van der Waals surface area (Å²) in [5.74, 6) is 1.79. The van der Waals surface area contributed by atoms with E-state index in [0.717, 1.165) is 41.5 Å². The molecule has 1 amide bonds. The molecule has 1 saturated heterocycles. The van der Waals surface area contributed by atoms with E-state index in [2.05, 4.69) is 14.9 Å². The molecule has 2 aromatic rings. The molecule has 7 nitrogen and oxygen atoms in total. The summed E-state index contributed by atoms with van der Waals surface area (Å²) in [5.41, 5.74) is 3.01. The predicted molar refractivity (Wildman–Crippen MR) is 101 cm³/mol. The van der Waals surface area contributed by atoms with Crippen LogP contribution in [0.2, 0.25) is 0 Å². The summed E-state index contributed by atoms with van der Waals surface area (Å²) < 4.78 is 5.47. The number of ether oxygens (including phenoxy) is 1. The van der Waals surface area contributed by atoms with Crippen molar-refractivity contribution in [3.63, 3.8) is 0 Å². The first-order valence-corrected chi connectivity index (χ1v) is 8.89. The molecule has 1 aromatic carbocycles. The normalized spacial score (nSPS) is 17.9. The molecule has 0 saturated carbocycles. The molecule has 0 N–H and O–H groups in total. The lowest BCUT2D eigenvalue weighted by atomic mass is 10.1. The van der Waals surface area contributed by atoms with Crippen molar-refractivity contribution in [3.05, 3.63) is 41.7 Å². The fraction of sp³-hybridized carbons (Fsp3) is 0.421. The molecule has 0 radical (unpaired) electrons. The summed E-state index contributed by atoms with van der Waals surface area (Å²) in [6.07, 6.45) is 1.59. The Kier molecular flexibility index (Phi) is 4.46. The van der Waals surface area contributed by atoms with Gasteiger partial charge in [-0.15, -0.1) is 0 Å². The first-order chi connectivity index (χ1) is 12.6. The number of carbonyl (C=O) groups excluding carboxylic acids is 1. The third kappa shape index (κ3) is 2.99. The molecule has 1 fully saturated rings. The summed E-state index contributed by atoms with van der Waals surface area (Å²) in [4.78, 5) is 28.0. The molecular weight excluding hydrogens is 330 g/mol. The lowest BCUT2D eigenvalue weighted by Gasteiger charge is -2.31. The van der Waals surface area contributed by atoms with E-state index >= 15 is 0 Å². The Morgan fingerprint density at radius 1 is 1.04 bits per heavy atom. The van der Waals surface area contributed by atoms with Gasteiger partial charge in [0.05, 0.1) is 31.9 Å². The predicted octanol–water partition coefficient (Wildman–Crippen LogP) is 1.60. The van der Waals surface area contributed by atoms with Gasteiger partial charge in [0, 0.05) is 25.8 Å². The van der Waals surface area contributed by atoms with Gasteiger partial charge in [-0.05, 0) is 18.6 Å². The number of aromatic nitrogens is 2. The van der Waals surface area contributed by atoms with Crippen molar-refractivity contribution in [2.75, 3.05) is 54.6 Å². The van der Waals surface area contributed by atoms with Crippen LogP contribution in [0.15, 0.2) is 30.6 Å². The number of aryl methyl sites for hydroxylation is 1. The Morgan fingerprint density at radius 2 is 1.77 bits per heavy atom. The van der Waals surface area contributed by atoms with Crippen molar-refractivity contribution < 1.29 is 9.53 Å². The van der Waals surface area contributed by atoms with Gasteiger partial charge in [-0.25, -0.2) is 9.97 Å². The van der Waals surface area contributed by atoms with Crippen molar-refractivity contribution in [1.82, 2.24) is 9.97 Å². The molecule has 2 aliphatic heterocycles. The molecule has 0 aliphatic carbocycles. The van der Waals surface area contributed by atoms with Crippen LogP contribution in [0.4, 0.5) is 17.3 Å². The van der Waals surface area contributed by atoms with Crippen LogP contribution in [0.3, 0.4) is 0 Å². The standard InChI is InChI=1S/C19H23N5O2/c1-14-5-3-4-6-16(14)24-11-15-18(22(2)12-17(24)25)20-13-21-19(15)23-7-9-26-10-8-23/h3-6,13H,7-12H2,1-2H3. The Bertz CT molecular complexity index is 819. The highest BCUT2D eigenvalue weighted by molar-refractivity contribution is 5.98. The quantitative estimate of drug-likeness (QED) is 0.817. The van der Waals surface area contributed by atoms with E-state index in [1.807, 2.05) is 48.0 Å². The van der Waals surface area contributed by atoms with E-state index in [1.54, 1.807) is 6.33 Å². The smallest absolute Gasteiger partial charge is 0.246 e. The van der Waals surface area contributed by atoms with E-state index < -0.39 is 0 Å². The molecule has 0 bridgehead atoms. The third-order valence-corrected chi connectivity index (χ3v) is 4.97. The van der Waals surface area contributed by atoms with Gasteiger partial charge in [0.1, 0.15) is 18.0 Å². The Labute approximate surface area is 153 Å². The van der Waals surface area contributed by atoms with Gasteiger partial charge in [0.15, 0.2) is 0 Å². The number of hydrogen-bond acceptors (Lipinski definition) is 6. The Morgan fingerprint density at radius 3 is 2.54 bits per heavy atom. The largest absolute Gasteiger partial charge is 0.378 e. The van der Waals surface area contributed by atoms with Gasteiger partial charge in [-0.1, -0.05) is 18.2 Å². The molecule has 4 rings (SSSR count). The number of carbonyl (C=O) groups is 1. The molecule has 0 spiro atoms. The van der Waals surface area contributed by atoms with Gasteiger partial charge in [0.25, 0.3) is 0 Å². The zero-order valence-corrected chi connectivity index (χ0v) is 15.2. The number of rotatable bonds is 2. The minimum absolute atomic E-state index is 0.0627. The van der Waals surface area contributed by atoms with Crippen LogP contribution < -0.4 is 14.7 Å². The zero-order valence-electron chi connectivity index (χ0n) is 15.2. The molecule has 136 valence electrons. The van der Waals surface area contributed by atoms with Crippen LogP contribution in [0.1, 0.15) is 11.1 Å². The maximum atomic E-state index is 12.9. The topological polar surface area (TPSA) is 61.8 Å². The highest BCUT2D eigenvalue weighted by Gasteiger charge is 2.30. The Balaban J connectivity index is 1.78. The summed E-state index contributed by atoms with van der Waals surface area (Å²) in [7, 11) is 1.91. The minimum atomic E-state index is 0.0627. The molecule has 0 atom stereocenters. The number of para-hydroxylation sites is 1. The van der Waals surface area contributed by atoms with Crippen LogP contribution in [0.25, 0.3) is 0 Å². The zero-order chi connectivity index (χ0) is 18.1. The second kappa shape index (κ2) is 6.92. The van der Waals surface area contributed by atoms with Crippen molar-refractivity contribution in [1.29, 1.82) is 0 Å². The van der Waals surface area contributed by atoms with Crippen LogP contribution >= 0.6 is 0 Å². The molecule has 1 aromatic heterocycles. The molecule has 3 heterocycles. The first kappa shape index (κ1) is 16.8. The average molecular weight is 353 g/mol. The van der Waals surface area contributed by atoms with Gasteiger partial charge >= 0.3 is 0 Å². The van der Waals surface area contributed by atoms with E-state index in [1.165, 1.54) is 0 Å². The number of anilines is 3. The lowest BCUT2D eigenvalue weighted by Crippen LogP contribution is -2.38. The summed E-state index contributed by atoms with van der Waals surface area (Å²) in [6, 6.07) is 7.98. The van der Waals surface area contributed by atoms with Gasteiger partial charge in [0.2, 0.25) is 5.91 Å². The first-order valence-electron chi connectivity index (χ1n) is 8.89. The van der Waals surface area contributed by atoms with Crippen molar-refractivity contribution in [3.8, 4) is 0 Å². The van der Waals surface area contributed by atoms with Gasteiger partial charge in [-0.2, -0.15) is 0 Å². The third-order valence-electron chi connectivity index (χ3n) is 4.97. The van der Waals surface area contributed by atoms with E-state index in [9.17, 15) is 4.79 Å². The van der Waals surface area contributed by atoms with Crippen molar-refractivity contribution >= 4 is 23.2 Å². The second-order valence-corrected chi connectivity index (χ2v) is 6.72. The fourth-order valence-corrected chi connectivity index (χ4v) is 3.61. The van der Waals surface area contributed by atoms with E-state index in [-0.39, 0.29) is 5.91 Å². The average Bonchev–Trinajstić information content (AvgIpc) is 2.79. The minimum Gasteiger partial charge on any atom is -0.378 e. The second-order valence-electron chi connectivity index (χ2n) is 6.72. The van der Waals surface area contributed by atoms with E-state index in [4.69, 9.17) is 4.74 Å². The lowest BCUT2D eigenvalue weighted by molar-refractivity contribution is -0.117. The number of benzene rings is 1. The van der Waals surface area contributed by atoms with Crippen molar-refractivity contribution in [2.45, 2.75) is 13.5 Å². The summed E-state index contributed by atoms with van der Waals surface area (Å²) >= 11 is 0. The maximum absolute atomic E-state index is 12.9. The molecule has 2 aliphatic rings. The van der Waals surface area contributed by atoms with Crippen molar-refractivity contribution in [2.24, 2.45) is 0 Å². The number of hydrogen-bond donors (Lipinski definition) is 0. The monoisotopic (exact) mass is 353 g/mol. The summed E-state index contributed by atoms with van der Waals surface area (Å²) in [5, 5.41) is 0. The SMILES string of the molecule is Cc1ccccc1N1Cc2c(ncnc2N2CCOCC2)N(C)CC1=O. The van der Waals surface area contributed by atoms with Crippen LogP contribution in [-0.4, -0.2) is 55.8 Å². The molecular formula is C19H23N5O2. The summed E-state index contributed by atoms with van der Waals surface area (Å²) in [6.45, 7) is 5.77. The van der Waals surface area contributed by atoms with Crippen LogP contribution in [0, 0.1) is 6.92 Å². The molecule has 26 heavy (non-hydrogen) atoms. The maximum Gasteiger partial charge on any atom is 0.246 e. The number of likely N-dealkylation sites (N-methyl/N-ethyl adjacent to an activating group) is 1. The number of fused-ring (bicyclic) bond motifs is 1. The Hall–Kier alpha value is -2.67.